The van der Waals surface area contributed by atoms with E-state index < -0.39 is 35.4 Å². The lowest BCUT2D eigenvalue weighted by atomic mass is 9.76. The van der Waals surface area contributed by atoms with Crippen LogP contribution in [0.15, 0.2) is 36.4 Å². The van der Waals surface area contributed by atoms with Crippen molar-refractivity contribution in [3.8, 4) is 5.75 Å². The molecule has 172 valence electrons. The molecule has 3 heterocycles. The lowest BCUT2D eigenvalue weighted by Crippen LogP contribution is -2.54. The van der Waals surface area contributed by atoms with Crippen molar-refractivity contribution in [1.29, 1.82) is 0 Å². The highest BCUT2D eigenvalue weighted by atomic mass is 16.5. The normalized spacial score (nSPS) is 28.8. The number of amides is 3. The van der Waals surface area contributed by atoms with Gasteiger partial charge >= 0.3 is 0 Å². The quantitative estimate of drug-likeness (QED) is 0.612. The number of aliphatic hydroxyl groups is 1. The number of likely N-dealkylation sites (tertiary alicyclic amines) is 1. The van der Waals surface area contributed by atoms with Crippen molar-refractivity contribution in [2.24, 2.45) is 11.8 Å². The van der Waals surface area contributed by atoms with Crippen molar-refractivity contribution in [2.75, 3.05) is 12.4 Å². The Hall–Kier alpha value is -3.23. The van der Waals surface area contributed by atoms with E-state index in [0.29, 0.717) is 17.0 Å². The fraction of sp³-hybridized carbons (Fsp3) is 0.400. The van der Waals surface area contributed by atoms with Crippen molar-refractivity contribution in [2.45, 2.75) is 45.0 Å². The van der Waals surface area contributed by atoms with Crippen molar-refractivity contribution in [3.63, 3.8) is 0 Å². The van der Waals surface area contributed by atoms with E-state index in [2.05, 4.69) is 10.6 Å². The number of carbonyl (C=O) groups is 3. The molecule has 3 N–H and O–H groups in total. The molecule has 0 aromatic heterocycles. The molecule has 3 aliphatic heterocycles. The van der Waals surface area contributed by atoms with E-state index in [1.54, 1.807) is 38.3 Å². The molecule has 2 saturated heterocycles. The molecule has 3 amide bonds. The number of hydrogen-bond donors (Lipinski definition) is 3. The summed E-state index contributed by atoms with van der Waals surface area (Å²) in [6.45, 7) is 5.55. The molecule has 2 aromatic carbocycles. The molecule has 3 aliphatic rings. The number of rotatable bonds is 4. The maximum Gasteiger partial charge on any atom is 0.250 e. The summed E-state index contributed by atoms with van der Waals surface area (Å²) in [6.07, 6.45) is -0.932. The van der Waals surface area contributed by atoms with Crippen molar-refractivity contribution in [1.82, 2.24) is 10.2 Å². The van der Waals surface area contributed by atoms with Gasteiger partial charge in [-0.1, -0.05) is 24.3 Å². The maximum absolute atomic E-state index is 13.7. The molecule has 0 aliphatic carbocycles. The number of fused-ring (bicyclic) bond motifs is 4. The molecule has 5 rings (SSSR count). The van der Waals surface area contributed by atoms with E-state index in [9.17, 15) is 19.5 Å². The third-order valence-electron chi connectivity index (χ3n) is 7.47. The third kappa shape index (κ3) is 2.87. The summed E-state index contributed by atoms with van der Waals surface area (Å²) in [4.78, 5) is 41.9. The largest absolute Gasteiger partial charge is 0.497 e. The van der Waals surface area contributed by atoms with Crippen LogP contribution in [0.1, 0.15) is 29.2 Å². The van der Waals surface area contributed by atoms with E-state index in [0.717, 1.165) is 16.7 Å². The number of anilines is 1. The topological polar surface area (TPSA) is 108 Å². The number of aliphatic hydroxyl groups excluding tert-OH is 1. The molecule has 0 radical (unpaired) electrons. The SMILES string of the molecule is COc1ccc(CN2C(=O)[C@@H]3[C@H]([C@@H](C)O)N[C@@]4(C(=O)Nc5c4ccc(C)c5C)[C@@H]3C2=O)cc1. The molecule has 8 heteroatoms. The van der Waals surface area contributed by atoms with E-state index in [1.165, 1.54) is 4.90 Å². The Morgan fingerprint density at radius 2 is 1.79 bits per heavy atom. The van der Waals surface area contributed by atoms with Gasteiger partial charge in [-0.15, -0.1) is 0 Å². The molecular weight excluding hydrogens is 422 g/mol. The standard InChI is InChI=1S/C25H27N3O5/c1-12-5-10-17-20(13(12)2)26-24(32)25(17)19-18(21(27-25)14(3)29)22(30)28(23(19)31)11-15-6-8-16(33-4)9-7-15/h5-10,14,18-19,21,27,29H,11H2,1-4H3,(H,26,32)/t14-,18+,19+,21+,25-/m1/s1. The monoisotopic (exact) mass is 449 g/mol. The summed E-state index contributed by atoms with van der Waals surface area (Å²) in [5.74, 6) is -2.24. The fourth-order valence-electron chi connectivity index (χ4n) is 5.59. The van der Waals surface area contributed by atoms with Crippen LogP contribution in [0.4, 0.5) is 5.69 Å². The van der Waals surface area contributed by atoms with Crippen LogP contribution in [-0.2, 0) is 26.5 Å². The van der Waals surface area contributed by atoms with Gasteiger partial charge in [0.15, 0.2) is 0 Å². The number of hydrogen-bond acceptors (Lipinski definition) is 6. The second-order valence-electron chi connectivity index (χ2n) is 9.22. The molecular formula is C25H27N3O5. The van der Waals surface area contributed by atoms with Gasteiger partial charge in [-0.2, -0.15) is 0 Å². The van der Waals surface area contributed by atoms with Crippen LogP contribution >= 0.6 is 0 Å². The van der Waals surface area contributed by atoms with E-state index in [4.69, 9.17) is 4.74 Å². The first-order valence-electron chi connectivity index (χ1n) is 11.1. The maximum atomic E-state index is 13.7. The zero-order valence-corrected chi connectivity index (χ0v) is 19.0. The smallest absolute Gasteiger partial charge is 0.250 e. The minimum Gasteiger partial charge on any atom is -0.497 e. The number of methoxy groups -OCH3 is 1. The van der Waals surface area contributed by atoms with Crippen LogP contribution in [0.2, 0.25) is 0 Å². The van der Waals surface area contributed by atoms with Crippen LogP contribution in [-0.4, -0.2) is 47.0 Å². The first-order valence-corrected chi connectivity index (χ1v) is 11.1. The zero-order valence-electron chi connectivity index (χ0n) is 19.0. The minimum atomic E-state index is -1.40. The number of nitrogens with zero attached hydrogens (tertiary/aromatic N) is 1. The second-order valence-corrected chi connectivity index (χ2v) is 9.22. The van der Waals surface area contributed by atoms with Gasteiger partial charge in [0.25, 0.3) is 0 Å². The minimum absolute atomic E-state index is 0.0959. The Morgan fingerprint density at radius 3 is 2.42 bits per heavy atom. The highest BCUT2D eigenvalue weighted by Crippen LogP contribution is 2.54. The number of carbonyl (C=O) groups excluding carboxylic acids is 3. The summed E-state index contributed by atoms with van der Waals surface area (Å²) in [6, 6.07) is 10.2. The Labute approximate surface area is 191 Å². The van der Waals surface area contributed by atoms with Gasteiger partial charge in [0.1, 0.15) is 11.3 Å². The van der Waals surface area contributed by atoms with Crippen LogP contribution in [0, 0.1) is 25.7 Å². The highest BCUT2D eigenvalue weighted by Gasteiger charge is 2.71. The van der Waals surface area contributed by atoms with Crippen LogP contribution in [0.5, 0.6) is 5.75 Å². The van der Waals surface area contributed by atoms with E-state index in [-0.39, 0.29) is 18.4 Å². The van der Waals surface area contributed by atoms with Gasteiger partial charge in [0, 0.05) is 17.3 Å². The molecule has 33 heavy (non-hydrogen) atoms. The fourth-order valence-corrected chi connectivity index (χ4v) is 5.59. The number of benzene rings is 2. The van der Waals surface area contributed by atoms with Gasteiger partial charge < -0.3 is 15.2 Å². The number of imide groups is 1. The van der Waals surface area contributed by atoms with Crippen molar-refractivity contribution < 1.29 is 24.2 Å². The van der Waals surface area contributed by atoms with E-state index >= 15 is 0 Å². The van der Waals surface area contributed by atoms with Gasteiger partial charge in [0.2, 0.25) is 17.7 Å². The van der Waals surface area contributed by atoms with Crippen LogP contribution < -0.4 is 15.4 Å². The molecule has 1 spiro atoms. The Bertz CT molecular complexity index is 1180. The third-order valence-corrected chi connectivity index (χ3v) is 7.47. The van der Waals surface area contributed by atoms with Gasteiger partial charge in [0.05, 0.1) is 31.6 Å². The predicted octanol–water partition coefficient (Wildman–Crippen LogP) is 1.61. The summed E-state index contributed by atoms with van der Waals surface area (Å²) < 4.78 is 5.18. The second kappa shape index (κ2) is 7.40. The van der Waals surface area contributed by atoms with Gasteiger partial charge in [-0.05, 0) is 49.6 Å². The zero-order chi connectivity index (χ0) is 23.7. The van der Waals surface area contributed by atoms with E-state index in [1.807, 2.05) is 26.0 Å². The molecule has 0 unspecified atom stereocenters. The average molecular weight is 450 g/mol. The van der Waals surface area contributed by atoms with Crippen molar-refractivity contribution in [3.05, 3.63) is 58.7 Å². The summed E-state index contributed by atoms with van der Waals surface area (Å²) in [7, 11) is 1.57. The molecule has 5 atom stereocenters. The summed E-state index contributed by atoms with van der Waals surface area (Å²) in [5.41, 5.74) is 2.64. The number of nitrogens with one attached hydrogen (secondary N) is 2. The first kappa shape index (κ1) is 21.6. The average Bonchev–Trinajstić information content (AvgIpc) is 3.38. The molecule has 8 nitrogen and oxygen atoms in total. The summed E-state index contributed by atoms with van der Waals surface area (Å²) in [5, 5.41) is 16.7. The summed E-state index contributed by atoms with van der Waals surface area (Å²) >= 11 is 0. The lowest BCUT2D eigenvalue weighted by molar-refractivity contribution is -0.143. The van der Waals surface area contributed by atoms with Crippen LogP contribution in [0.3, 0.4) is 0 Å². The number of aryl methyl sites for hydroxylation is 1. The molecule has 0 bridgehead atoms. The Balaban J connectivity index is 1.59. The molecule has 0 saturated carbocycles. The van der Waals surface area contributed by atoms with Gasteiger partial charge in [-0.25, -0.2) is 0 Å². The number of ether oxygens (including phenoxy) is 1. The molecule has 2 aromatic rings. The lowest BCUT2D eigenvalue weighted by Gasteiger charge is -2.30. The van der Waals surface area contributed by atoms with Crippen LogP contribution in [0.25, 0.3) is 0 Å². The van der Waals surface area contributed by atoms with Crippen molar-refractivity contribution >= 4 is 23.4 Å². The first-order chi connectivity index (χ1) is 15.7. The van der Waals surface area contributed by atoms with Gasteiger partial charge in [-0.3, -0.25) is 24.6 Å². The Kier molecular flexibility index (Phi) is 4.84. The highest BCUT2D eigenvalue weighted by molar-refractivity contribution is 6.15. The Morgan fingerprint density at radius 1 is 1.09 bits per heavy atom. The predicted molar refractivity (Wildman–Crippen MR) is 120 cm³/mol. The molecule has 2 fully saturated rings.